The maximum Gasteiger partial charge on any atom is 0.338 e. The summed E-state index contributed by atoms with van der Waals surface area (Å²) in [4.78, 5) is 42.9. The Balaban J connectivity index is 1.74. The first-order chi connectivity index (χ1) is 16.0. The van der Waals surface area contributed by atoms with Gasteiger partial charge in [-0.1, -0.05) is 48.5 Å². The van der Waals surface area contributed by atoms with Gasteiger partial charge in [-0.05, 0) is 56.9 Å². The zero-order chi connectivity index (χ0) is 22.9. The molecule has 0 spiro atoms. The van der Waals surface area contributed by atoms with E-state index in [9.17, 15) is 14.4 Å². The minimum absolute atomic E-state index is 0.0386. The molecule has 0 bridgehead atoms. The van der Waals surface area contributed by atoms with E-state index in [0.29, 0.717) is 22.3 Å². The van der Waals surface area contributed by atoms with Crippen LogP contribution < -0.4 is 10.8 Å². The van der Waals surface area contributed by atoms with Crippen LogP contribution in [0.15, 0.2) is 72.8 Å². The third-order valence-electron chi connectivity index (χ3n) is 5.76. The molecule has 5 rings (SSSR count). The first kappa shape index (κ1) is 20.7. The summed E-state index contributed by atoms with van der Waals surface area (Å²) >= 11 is 0. The molecule has 1 fully saturated rings. The van der Waals surface area contributed by atoms with Gasteiger partial charge in [-0.3, -0.25) is 14.4 Å². The smallest absolute Gasteiger partial charge is 0.338 e. The second kappa shape index (κ2) is 8.37. The largest absolute Gasteiger partial charge is 0.465 e. The highest BCUT2D eigenvalue weighted by molar-refractivity contribution is 6.11. The van der Waals surface area contributed by atoms with Crippen molar-refractivity contribution in [2.75, 3.05) is 13.7 Å². The summed E-state index contributed by atoms with van der Waals surface area (Å²) < 4.78 is 5.05. The lowest BCUT2D eigenvalue weighted by molar-refractivity contribution is -0.125. The number of amides is 2. The van der Waals surface area contributed by atoms with Gasteiger partial charge in [-0.25, -0.2) is 10.3 Å². The maximum atomic E-state index is 13.3. The Morgan fingerprint density at radius 3 is 1.91 bits per heavy atom. The van der Waals surface area contributed by atoms with Crippen LogP contribution in [0.4, 0.5) is 0 Å². The van der Waals surface area contributed by atoms with Crippen molar-refractivity contribution in [1.82, 2.24) is 10.8 Å². The number of methoxy groups -OCH3 is 1. The summed E-state index contributed by atoms with van der Waals surface area (Å²) in [5.41, 5.74) is 4.07. The van der Waals surface area contributed by atoms with Crippen molar-refractivity contribution in [3.8, 4) is 11.1 Å². The molecule has 1 aliphatic rings. The van der Waals surface area contributed by atoms with Gasteiger partial charge in [-0.2, -0.15) is 0 Å². The van der Waals surface area contributed by atoms with E-state index < -0.39 is 23.8 Å². The van der Waals surface area contributed by atoms with Crippen molar-refractivity contribution in [3.63, 3.8) is 0 Å². The predicted molar refractivity (Wildman–Crippen MR) is 124 cm³/mol. The lowest BCUT2D eigenvalue weighted by Gasteiger charge is -2.17. The van der Waals surface area contributed by atoms with E-state index in [2.05, 4.69) is 10.8 Å². The Hall–Kier alpha value is -4.23. The number of carbonyl (C=O) groups excluding carboxylic acids is 3. The monoisotopic (exact) mass is 440 g/mol. The molecule has 164 valence electrons. The van der Waals surface area contributed by atoms with Gasteiger partial charge in [0.15, 0.2) is 0 Å². The Labute approximate surface area is 189 Å². The molecule has 0 saturated carbocycles. The van der Waals surface area contributed by atoms with Crippen LogP contribution in [0.3, 0.4) is 0 Å². The van der Waals surface area contributed by atoms with Crippen LogP contribution in [-0.4, -0.2) is 37.5 Å². The SMILES string of the molecule is COC(=O)c1cc2ccccc2cc1-c1cc2ccccc2cc1C(=O)N[C@@H]1CONC1=O. The topological polar surface area (TPSA) is 93.7 Å². The number of hydrogen-bond acceptors (Lipinski definition) is 5. The van der Waals surface area contributed by atoms with Crippen LogP contribution in [0.5, 0.6) is 0 Å². The van der Waals surface area contributed by atoms with Crippen molar-refractivity contribution in [2.45, 2.75) is 6.04 Å². The fraction of sp³-hybridized carbons (Fsp3) is 0.115. The second-order valence-corrected chi connectivity index (χ2v) is 7.78. The average Bonchev–Trinajstić information content (AvgIpc) is 3.25. The van der Waals surface area contributed by atoms with Gasteiger partial charge in [0, 0.05) is 5.56 Å². The molecule has 0 radical (unpaired) electrons. The zero-order valence-electron chi connectivity index (χ0n) is 17.8. The van der Waals surface area contributed by atoms with E-state index in [0.717, 1.165) is 21.5 Å². The van der Waals surface area contributed by atoms with Crippen LogP contribution in [-0.2, 0) is 14.4 Å². The number of esters is 1. The molecule has 33 heavy (non-hydrogen) atoms. The average molecular weight is 440 g/mol. The highest BCUT2D eigenvalue weighted by Gasteiger charge is 2.29. The van der Waals surface area contributed by atoms with Crippen LogP contribution in [0.25, 0.3) is 32.7 Å². The lowest BCUT2D eigenvalue weighted by atomic mass is 9.90. The molecule has 1 saturated heterocycles. The first-order valence-corrected chi connectivity index (χ1v) is 10.4. The highest BCUT2D eigenvalue weighted by atomic mass is 16.7. The van der Waals surface area contributed by atoms with Crippen molar-refractivity contribution >= 4 is 39.3 Å². The quantitative estimate of drug-likeness (QED) is 0.473. The third-order valence-corrected chi connectivity index (χ3v) is 5.76. The van der Waals surface area contributed by atoms with Gasteiger partial charge in [0.1, 0.15) is 12.6 Å². The van der Waals surface area contributed by atoms with Crippen LogP contribution in [0, 0.1) is 0 Å². The van der Waals surface area contributed by atoms with Crippen molar-refractivity contribution in [2.24, 2.45) is 0 Å². The third kappa shape index (κ3) is 3.79. The Morgan fingerprint density at radius 1 is 0.879 bits per heavy atom. The molecule has 2 amide bonds. The number of rotatable bonds is 4. The van der Waals surface area contributed by atoms with E-state index in [1.807, 2.05) is 60.7 Å². The second-order valence-electron chi connectivity index (χ2n) is 7.78. The van der Waals surface area contributed by atoms with Gasteiger partial charge in [0.05, 0.1) is 12.7 Å². The summed E-state index contributed by atoms with van der Waals surface area (Å²) in [6, 6.07) is 21.8. The first-order valence-electron chi connectivity index (χ1n) is 10.4. The van der Waals surface area contributed by atoms with Crippen LogP contribution in [0.1, 0.15) is 20.7 Å². The molecule has 1 atom stereocenters. The summed E-state index contributed by atoms with van der Waals surface area (Å²) in [6.45, 7) is 0.0386. The van der Waals surface area contributed by atoms with Crippen molar-refractivity contribution < 1.29 is 24.0 Å². The summed E-state index contributed by atoms with van der Waals surface area (Å²) in [5.74, 6) is -1.35. The van der Waals surface area contributed by atoms with E-state index in [-0.39, 0.29) is 6.61 Å². The number of nitrogens with one attached hydrogen (secondary N) is 2. The molecule has 0 unspecified atom stereocenters. The number of hydroxylamine groups is 1. The number of benzene rings is 4. The predicted octanol–water partition coefficient (Wildman–Crippen LogP) is 3.61. The number of ether oxygens (including phenoxy) is 1. The normalized spacial score (nSPS) is 15.4. The number of fused-ring (bicyclic) bond motifs is 2. The number of carbonyl (C=O) groups is 3. The van der Waals surface area contributed by atoms with E-state index in [1.54, 1.807) is 12.1 Å². The number of hydrogen-bond donors (Lipinski definition) is 2. The van der Waals surface area contributed by atoms with Gasteiger partial charge < -0.3 is 10.1 Å². The Morgan fingerprint density at radius 2 is 1.39 bits per heavy atom. The lowest BCUT2D eigenvalue weighted by Crippen LogP contribution is -2.41. The van der Waals surface area contributed by atoms with Gasteiger partial charge >= 0.3 is 5.97 Å². The van der Waals surface area contributed by atoms with Crippen molar-refractivity contribution in [1.29, 1.82) is 0 Å². The van der Waals surface area contributed by atoms with E-state index in [1.165, 1.54) is 7.11 Å². The highest BCUT2D eigenvalue weighted by Crippen LogP contribution is 2.34. The fourth-order valence-electron chi connectivity index (χ4n) is 4.08. The Bertz CT molecular complexity index is 1430. The van der Waals surface area contributed by atoms with Crippen molar-refractivity contribution in [3.05, 3.63) is 83.9 Å². The van der Waals surface area contributed by atoms with Gasteiger partial charge in [0.2, 0.25) is 0 Å². The molecular weight excluding hydrogens is 420 g/mol. The molecule has 1 aliphatic heterocycles. The minimum atomic E-state index is -0.798. The summed E-state index contributed by atoms with van der Waals surface area (Å²) in [5, 5.41) is 6.30. The molecule has 4 aromatic carbocycles. The fourth-order valence-corrected chi connectivity index (χ4v) is 4.08. The molecular formula is C26H20N2O5. The zero-order valence-corrected chi connectivity index (χ0v) is 17.8. The maximum absolute atomic E-state index is 13.3. The molecule has 7 heteroatoms. The van der Waals surface area contributed by atoms with E-state index >= 15 is 0 Å². The minimum Gasteiger partial charge on any atom is -0.465 e. The molecule has 0 aromatic heterocycles. The van der Waals surface area contributed by atoms with Gasteiger partial charge in [-0.15, -0.1) is 0 Å². The Kier molecular flexibility index (Phi) is 5.24. The summed E-state index contributed by atoms with van der Waals surface area (Å²) in [7, 11) is 1.33. The van der Waals surface area contributed by atoms with E-state index in [4.69, 9.17) is 9.57 Å². The molecule has 0 aliphatic carbocycles. The van der Waals surface area contributed by atoms with Crippen LogP contribution >= 0.6 is 0 Å². The van der Waals surface area contributed by atoms with Crippen LogP contribution in [0.2, 0.25) is 0 Å². The molecule has 7 nitrogen and oxygen atoms in total. The molecule has 1 heterocycles. The molecule has 4 aromatic rings. The standard InChI is InChI=1S/C26H20N2O5/c1-32-26(31)22-13-18-9-5-3-7-16(18)11-20(22)19-10-15-6-2-4-8-17(15)12-21(19)24(29)27-23-14-33-28-25(23)30/h2-13,23H,14H2,1H3,(H,27,29)(H,28,30)/t23-/m1/s1. The van der Waals surface area contributed by atoms with Gasteiger partial charge in [0.25, 0.3) is 11.8 Å². The summed E-state index contributed by atoms with van der Waals surface area (Å²) in [6.07, 6.45) is 0. The molecule has 2 N–H and O–H groups in total.